The van der Waals surface area contributed by atoms with Gasteiger partial charge in [-0.05, 0) is 72.7 Å². The van der Waals surface area contributed by atoms with Gasteiger partial charge in [-0.3, -0.25) is 4.79 Å². The highest BCUT2D eigenvalue weighted by atomic mass is 32.2. The lowest BCUT2D eigenvalue weighted by Crippen LogP contribution is -2.27. The molecule has 0 radical (unpaired) electrons. The second-order valence-corrected chi connectivity index (χ2v) is 9.35. The summed E-state index contributed by atoms with van der Waals surface area (Å²) in [5.74, 6) is -0.340. The molecule has 1 fully saturated rings. The van der Waals surface area contributed by atoms with Crippen LogP contribution in [0.25, 0.3) is 11.3 Å². The molecule has 8 heteroatoms. The van der Waals surface area contributed by atoms with Crippen LogP contribution in [0.5, 0.6) is 5.75 Å². The van der Waals surface area contributed by atoms with Gasteiger partial charge in [0.1, 0.15) is 16.9 Å². The summed E-state index contributed by atoms with van der Waals surface area (Å²) in [6, 6.07) is 11.5. The molecule has 3 aromatic rings. The predicted molar refractivity (Wildman–Crippen MR) is 143 cm³/mol. The minimum absolute atomic E-state index is 0.0117. The van der Waals surface area contributed by atoms with Crippen molar-refractivity contribution in [2.24, 2.45) is 0 Å². The molecule has 2 aliphatic rings. The second kappa shape index (κ2) is 11.5. The molecule has 190 valence electrons. The third kappa shape index (κ3) is 5.77. The molecule has 37 heavy (non-hydrogen) atoms. The fourth-order valence-corrected chi connectivity index (χ4v) is 5.20. The number of thioether (sulfide) groups is 1. The van der Waals surface area contributed by atoms with Gasteiger partial charge in [0.2, 0.25) is 5.91 Å². The topological polar surface area (TPSA) is 58.4 Å². The third-order valence-electron chi connectivity index (χ3n) is 5.84. The lowest BCUT2D eigenvalue weighted by atomic mass is 10.1. The number of amides is 1. The van der Waals surface area contributed by atoms with Crippen LogP contribution >= 0.6 is 11.8 Å². The molecule has 0 spiro atoms. The van der Waals surface area contributed by atoms with Gasteiger partial charge in [0.15, 0.2) is 5.83 Å². The minimum atomic E-state index is -0.495. The Morgan fingerprint density at radius 1 is 1.14 bits per heavy atom. The smallest absolute Gasteiger partial charge is 0.234 e. The summed E-state index contributed by atoms with van der Waals surface area (Å²) in [6.45, 7) is 6.05. The van der Waals surface area contributed by atoms with Crippen LogP contribution in [-0.2, 0) is 11.3 Å². The molecule has 1 unspecified atom stereocenters. The molecule has 1 atom stereocenters. The van der Waals surface area contributed by atoms with Crippen molar-refractivity contribution >= 4 is 23.2 Å². The van der Waals surface area contributed by atoms with E-state index in [1.165, 1.54) is 30.0 Å². The molecule has 1 aliphatic carbocycles. The Morgan fingerprint density at radius 2 is 1.89 bits per heavy atom. The lowest BCUT2D eigenvalue weighted by Gasteiger charge is -2.24. The first-order valence-electron chi connectivity index (χ1n) is 11.9. The maximum absolute atomic E-state index is 13.9. The van der Waals surface area contributed by atoms with Crippen molar-refractivity contribution in [1.82, 2.24) is 14.7 Å². The van der Waals surface area contributed by atoms with E-state index in [-0.39, 0.29) is 22.8 Å². The maximum atomic E-state index is 13.9. The lowest BCUT2D eigenvalue weighted by molar-refractivity contribution is -0.128. The summed E-state index contributed by atoms with van der Waals surface area (Å²) in [7, 11) is 0. The molecule has 0 bridgehead atoms. The molecule has 1 saturated heterocycles. The first kappa shape index (κ1) is 26.2. The summed E-state index contributed by atoms with van der Waals surface area (Å²) < 4.78 is 29.3. The molecule has 2 heterocycles. The standard InChI is InChI=1S/C27H21F2N3O2S.C2H6/c1-17-13-21(9-12-24(17)29)32-15-23(26(30-32)19-3-2-4-20(28)8-7-19)27-31(25(34)16-35-27)14-18-5-10-22(33)11-6-18;1-2/h2-3,5-13,15,27,33H,14,16H2,1H3;1-2H3. The van der Waals surface area contributed by atoms with Crippen molar-refractivity contribution in [3.8, 4) is 11.4 Å². The first-order chi connectivity index (χ1) is 17.9. The number of carbonyl (C=O) groups excluding carboxylic acids is 1. The molecule has 1 aliphatic heterocycles. The van der Waals surface area contributed by atoms with Crippen molar-refractivity contribution in [1.29, 1.82) is 0 Å². The molecule has 5 rings (SSSR count). The fraction of sp³-hybridized carbons (Fsp3) is 0.207. The quantitative estimate of drug-likeness (QED) is 0.377. The van der Waals surface area contributed by atoms with Crippen molar-refractivity contribution in [2.45, 2.75) is 32.7 Å². The number of hydrogen-bond acceptors (Lipinski definition) is 4. The van der Waals surface area contributed by atoms with Crippen molar-refractivity contribution in [3.63, 3.8) is 0 Å². The van der Waals surface area contributed by atoms with E-state index < -0.39 is 5.83 Å². The van der Waals surface area contributed by atoms with Gasteiger partial charge < -0.3 is 10.0 Å². The zero-order chi connectivity index (χ0) is 26.5. The average molecular weight is 520 g/mol. The predicted octanol–water partition coefficient (Wildman–Crippen LogP) is 6.79. The molecule has 0 saturated carbocycles. The highest BCUT2D eigenvalue weighted by Crippen LogP contribution is 2.43. The van der Waals surface area contributed by atoms with Gasteiger partial charge in [-0.15, -0.1) is 11.8 Å². The van der Waals surface area contributed by atoms with Gasteiger partial charge in [-0.2, -0.15) is 9.49 Å². The number of hydrogen-bond donors (Lipinski definition) is 1. The van der Waals surface area contributed by atoms with E-state index >= 15 is 0 Å². The fourth-order valence-electron chi connectivity index (χ4n) is 4.01. The first-order valence-corrected chi connectivity index (χ1v) is 13.0. The molecule has 5 nitrogen and oxygen atoms in total. The molecular weight excluding hydrogens is 492 g/mol. The van der Waals surface area contributed by atoms with Crippen LogP contribution < -0.4 is 0 Å². The number of rotatable bonds is 5. The van der Waals surface area contributed by atoms with E-state index in [9.17, 15) is 18.7 Å². The van der Waals surface area contributed by atoms with Gasteiger partial charge >= 0.3 is 0 Å². The number of carbonyl (C=O) groups is 1. The number of allylic oxidation sites excluding steroid dienone is 5. The van der Waals surface area contributed by atoms with Gasteiger partial charge in [0.05, 0.1) is 17.1 Å². The molecule has 1 aromatic heterocycles. The summed E-state index contributed by atoms with van der Waals surface area (Å²) in [5, 5.41) is 14.0. The van der Waals surface area contributed by atoms with Gasteiger partial charge in [-0.25, -0.2) is 9.07 Å². The van der Waals surface area contributed by atoms with Crippen molar-refractivity contribution < 1.29 is 18.7 Å². The van der Waals surface area contributed by atoms with Gasteiger partial charge in [-0.1, -0.05) is 31.7 Å². The van der Waals surface area contributed by atoms with E-state index in [4.69, 9.17) is 5.10 Å². The van der Waals surface area contributed by atoms with Crippen LogP contribution in [0.4, 0.5) is 8.78 Å². The monoisotopic (exact) mass is 519 g/mol. The van der Waals surface area contributed by atoms with E-state index in [0.29, 0.717) is 34.8 Å². The van der Waals surface area contributed by atoms with E-state index in [1.807, 2.05) is 20.0 Å². The average Bonchev–Trinajstić information content (AvgIpc) is 3.42. The Kier molecular flexibility index (Phi) is 8.11. The normalized spacial score (nSPS) is 16.7. The number of aromatic nitrogens is 2. The molecule has 2 aromatic carbocycles. The SMILES string of the molecule is CC.Cc1cc(-n2cc(C3SCC(=O)N3Cc3ccc(O)cc3)c(C3=CC=C=C(F)C=C3)n2)ccc1F. The summed E-state index contributed by atoms with van der Waals surface area (Å²) >= 11 is 1.49. The van der Waals surface area contributed by atoms with E-state index in [1.54, 1.807) is 65.1 Å². The number of benzene rings is 2. The van der Waals surface area contributed by atoms with Crippen molar-refractivity contribution in [2.75, 3.05) is 5.75 Å². The van der Waals surface area contributed by atoms with Crippen LogP contribution in [0.15, 0.2) is 84.5 Å². The second-order valence-electron chi connectivity index (χ2n) is 8.28. The van der Waals surface area contributed by atoms with Crippen LogP contribution in [0.2, 0.25) is 0 Å². The highest BCUT2D eigenvalue weighted by Gasteiger charge is 2.36. The van der Waals surface area contributed by atoms with Crippen LogP contribution in [0.1, 0.15) is 41.6 Å². The van der Waals surface area contributed by atoms with E-state index in [0.717, 1.165) is 11.1 Å². The number of phenols is 1. The third-order valence-corrected chi connectivity index (χ3v) is 7.08. The van der Waals surface area contributed by atoms with Gasteiger partial charge in [0, 0.05) is 23.9 Å². The number of halogens is 2. The Labute approximate surface area is 219 Å². The van der Waals surface area contributed by atoms with E-state index in [2.05, 4.69) is 5.73 Å². The number of aromatic hydroxyl groups is 1. The number of nitrogens with zero attached hydrogens (tertiary/aromatic N) is 3. The highest BCUT2D eigenvalue weighted by molar-refractivity contribution is 8.00. The van der Waals surface area contributed by atoms with Crippen molar-refractivity contribution in [3.05, 3.63) is 113 Å². The number of aryl methyl sites for hydroxylation is 1. The summed E-state index contributed by atoms with van der Waals surface area (Å²) in [5.41, 5.74) is 6.63. The zero-order valence-electron chi connectivity index (χ0n) is 20.8. The molecule has 1 amide bonds. The minimum Gasteiger partial charge on any atom is -0.508 e. The summed E-state index contributed by atoms with van der Waals surface area (Å²) in [6.07, 6.45) is 8.01. The van der Waals surface area contributed by atoms with Gasteiger partial charge in [0.25, 0.3) is 0 Å². The Balaban J connectivity index is 0.00000156. The Bertz CT molecular complexity index is 1430. The number of phenolic OH excluding ortho intramolecular Hbond substituents is 1. The Hall–Kier alpha value is -3.87. The van der Waals surface area contributed by atoms with Crippen LogP contribution in [-0.4, -0.2) is 31.4 Å². The molecular formula is C29H27F2N3O2S. The largest absolute Gasteiger partial charge is 0.508 e. The summed E-state index contributed by atoms with van der Waals surface area (Å²) in [4.78, 5) is 14.6. The zero-order valence-corrected chi connectivity index (χ0v) is 21.6. The Morgan fingerprint density at radius 3 is 2.62 bits per heavy atom. The molecule has 1 N–H and O–H groups in total. The van der Waals surface area contributed by atoms with Crippen LogP contribution in [0.3, 0.4) is 0 Å². The van der Waals surface area contributed by atoms with Crippen LogP contribution in [0, 0.1) is 12.7 Å². The maximum Gasteiger partial charge on any atom is 0.234 e.